The Morgan fingerprint density at radius 2 is 1.81 bits per heavy atom. The van der Waals surface area contributed by atoms with Crippen LogP contribution < -0.4 is 5.32 Å². The van der Waals surface area contributed by atoms with Crippen molar-refractivity contribution in [2.45, 2.75) is 51.7 Å². The zero-order valence-corrected chi connectivity index (χ0v) is 13.6. The number of hydrogen-bond acceptors (Lipinski definition) is 2. The van der Waals surface area contributed by atoms with Gasteiger partial charge in [0, 0.05) is 11.6 Å². The van der Waals surface area contributed by atoms with Crippen LogP contribution in [-0.4, -0.2) is 27.8 Å². The lowest BCUT2D eigenvalue weighted by molar-refractivity contribution is -0.161. The van der Waals surface area contributed by atoms with Gasteiger partial charge in [-0.3, -0.25) is 9.59 Å². The first-order valence-electron chi connectivity index (χ1n) is 7.10. The maximum absolute atomic E-state index is 12.8. The highest BCUT2D eigenvalue weighted by molar-refractivity contribution is 6.31. The number of rotatable bonds is 3. The van der Waals surface area contributed by atoms with Crippen LogP contribution in [0.5, 0.6) is 0 Å². The molecule has 1 unspecified atom stereocenters. The Morgan fingerprint density at radius 1 is 1.19 bits per heavy atom. The Labute approximate surface area is 130 Å². The third-order valence-electron chi connectivity index (χ3n) is 4.33. The first-order valence-corrected chi connectivity index (χ1v) is 7.48. The van der Waals surface area contributed by atoms with Crippen molar-refractivity contribution >= 4 is 23.4 Å². The van der Waals surface area contributed by atoms with E-state index in [1.54, 1.807) is 31.7 Å². The third-order valence-corrected chi connectivity index (χ3v) is 4.70. The van der Waals surface area contributed by atoms with Gasteiger partial charge in [0.1, 0.15) is 11.1 Å². The molecule has 1 N–H and O–H groups in total. The number of halogens is 1. The van der Waals surface area contributed by atoms with Crippen LogP contribution in [-0.2, 0) is 16.1 Å². The SMILES string of the molecule is CCC1(C)NC(=O)C(C)(C)N(Cc2ccccc2Cl)C1=O. The molecule has 0 spiro atoms. The molecule has 0 radical (unpaired) electrons. The van der Waals surface area contributed by atoms with Gasteiger partial charge in [0.25, 0.3) is 0 Å². The second-order valence-corrected chi connectivity index (χ2v) is 6.59. The molecule has 4 nitrogen and oxygen atoms in total. The van der Waals surface area contributed by atoms with Crippen LogP contribution in [0, 0.1) is 0 Å². The van der Waals surface area contributed by atoms with Crippen molar-refractivity contribution in [3.8, 4) is 0 Å². The summed E-state index contributed by atoms with van der Waals surface area (Å²) in [4.78, 5) is 26.8. The maximum Gasteiger partial charge on any atom is 0.249 e. The molecule has 1 aliphatic heterocycles. The van der Waals surface area contributed by atoms with Gasteiger partial charge in [-0.2, -0.15) is 0 Å². The molecular weight excluding hydrogens is 288 g/mol. The predicted octanol–water partition coefficient (Wildman–Crippen LogP) is 2.75. The average molecular weight is 309 g/mol. The van der Waals surface area contributed by atoms with Gasteiger partial charge in [0.05, 0.1) is 0 Å². The Bertz CT molecular complexity index is 585. The number of carbonyl (C=O) groups excluding carboxylic acids is 2. The van der Waals surface area contributed by atoms with Crippen molar-refractivity contribution in [3.63, 3.8) is 0 Å². The van der Waals surface area contributed by atoms with Crippen LogP contribution in [0.1, 0.15) is 39.7 Å². The highest BCUT2D eigenvalue weighted by Crippen LogP contribution is 2.30. The molecule has 2 rings (SSSR count). The van der Waals surface area contributed by atoms with Gasteiger partial charge in [-0.15, -0.1) is 0 Å². The third kappa shape index (κ3) is 2.64. The molecule has 1 aromatic rings. The van der Waals surface area contributed by atoms with E-state index in [9.17, 15) is 9.59 Å². The van der Waals surface area contributed by atoms with Gasteiger partial charge in [0.2, 0.25) is 11.8 Å². The monoisotopic (exact) mass is 308 g/mol. The maximum atomic E-state index is 12.8. The van der Waals surface area contributed by atoms with Gasteiger partial charge < -0.3 is 10.2 Å². The first kappa shape index (κ1) is 15.8. The van der Waals surface area contributed by atoms with Gasteiger partial charge in [-0.25, -0.2) is 0 Å². The van der Waals surface area contributed by atoms with Crippen LogP contribution in [0.4, 0.5) is 0 Å². The van der Waals surface area contributed by atoms with Crippen molar-refractivity contribution in [1.82, 2.24) is 10.2 Å². The highest BCUT2D eigenvalue weighted by atomic mass is 35.5. The van der Waals surface area contributed by atoms with Crippen LogP contribution in [0.3, 0.4) is 0 Å². The molecular formula is C16H21ClN2O2. The number of amides is 2. The quantitative estimate of drug-likeness (QED) is 0.933. The van der Waals surface area contributed by atoms with Crippen molar-refractivity contribution in [3.05, 3.63) is 34.9 Å². The smallest absolute Gasteiger partial charge is 0.249 e. The average Bonchev–Trinajstić information content (AvgIpc) is 2.44. The fourth-order valence-electron chi connectivity index (χ4n) is 2.44. The topological polar surface area (TPSA) is 49.4 Å². The van der Waals surface area contributed by atoms with E-state index in [0.29, 0.717) is 18.0 Å². The number of benzene rings is 1. The molecule has 1 saturated heterocycles. The minimum atomic E-state index is -0.898. The number of hydrogen-bond donors (Lipinski definition) is 1. The minimum Gasteiger partial charge on any atom is -0.340 e. The van der Waals surface area contributed by atoms with Gasteiger partial charge >= 0.3 is 0 Å². The summed E-state index contributed by atoms with van der Waals surface area (Å²) in [5, 5.41) is 3.45. The fraction of sp³-hybridized carbons (Fsp3) is 0.500. The van der Waals surface area contributed by atoms with E-state index >= 15 is 0 Å². The molecule has 114 valence electrons. The van der Waals surface area contributed by atoms with Crippen LogP contribution in [0.25, 0.3) is 0 Å². The van der Waals surface area contributed by atoms with E-state index in [1.807, 2.05) is 25.1 Å². The van der Waals surface area contributed by atoms with Crippen molar-refractivity contribution in [2.75, 3.05) is 0 Å². The summed E-state index contributed by atoms with van der Waals surface area (Å²) in [5.74, 6) is -0.215. The zero-order valence-electron chi connectivity index (χ0n) is 12.9. The van der Waals surface area contributed by atoms with Crippen LogP contribution in [0.2, 0.25) is 5.02 Å². The summed E-state index contributed by atoms with van der Waals surface area (Å²) < 4.78 is 0. The molecule has 0 aliphatic carbocycles. The molecule has 0 saturated carbocycles. The van der Waals surface area contributed by atoms with E-state index in [0.717, 1.165) is 5.56 Å². The van der Waals surface area contributed by atoms with Gasteiger partial charge in [-0.05, 0) is 38.8 Å². The number of carbonyl (C=O) groups is 2. The van der Waals surface area contributed by atoms with E-state index in [-0.39, 0.29) is 11.8 Å². The van der Waals surface area contributed by atoms with Crippen molar-refractivity contribution < 1.29 is 9.59 Å². The second kappa shape index (κ2) is 5.34. The Morgan fingerprint density at radius 3 is 2.38 bits per heavy atom. The van der Waals surface area contributed by atoms with E-state index in [1.165, 1.54) is 0 Å². The number of nitrogens with zero attached hydrogens (tertiary/aromatic N) is 1. The number of nitrogens with one attached hydrogen (secondary N) is 1. The van der Waals surface area contributed by atoms with E-state index in [2.05, 4.69) is 5.32 Å². The van der Waals surface area contributed by atoms with Gasteiger partial charge in [0.15, 0.2) is 0 Å². The molecule has 1 aromatic carbocycles. The standard InChI is InChI=1S/C16H21ClN2O2/c1-5-16(4)14(21)19(15(2,3)13(20)18-16)10-11-8-6-7-9-12(11)17/h6-9H,5,10H2,1-4H3,(H,18,20). The van der Waals surface area contributed by atoms with Gasteiger partial charge in [-0.1, -0.05) is 36.7 Å². The largest absolute Gasteiger partial charge is 0.340 e. The molecule has 1 heterocycles. The van der Waals surface area contributed by atoms with Crippen molar-refractivity contribution in [2.24, 2.45) is 0 Å². The lowest BCUT2D eigenvalue weighted by Gasteiger charge is -2.48. The number of piperazine rings is 1. The Balaban J connectivity index is 2.40. The zero-order chi connectivity index (χ0) is 15.8. The molecule has 1 fully saturated rings. The lowest BCUT2D eigenvalue weighted by atomic mass is 9.86. The molecule has 2 amide bonds. The molecule has 0 aromatic heterocycles. The van der Waals surface area contributed by atoms with Crippen LogP contribution >= 0.6 is 11.6 Å². The normalized spacial score (nSPS) is 24.9. The summed E-state index contributed by atoms with van der Waals surface area (Å²) >= 11 is 6.19. The van der Waals surface area contributed by atoms with Crippen molar-refractivity contribution in [1.29, 1.82) is 0 Å². The molecule has 1 aliphatic rings. The summed E-state index contributed by atoms with van der Waals surface area (Å²) in [5.41, 5.74) is -0.910. The Hall–Kier alpha value is -1.55. The summed E-state index contributed by atoms with van der Waals surface area (Å²) in [7, 11) is 0. The summed E-state index contributed by atoms with van der Waals surface area (Å²) in [6, 6.07) is 7.39. The molecule has 1 atom stereocenters. The molecule has 0 bridgehead atoms. The molecule has 5 heteroatoms. The minimum absolute atomic E-state index is 0.0745. The first-order chi connectivity index (χ1) is 9.72. The van der Waals surface area contributed by atoms with Crippen LogP contribution in [0.15, 0.2) is 24.3 Å². The van der Waals surface area contributed by atoms with E-state index < -0.39 is 11.1 Å². The summed E-state index contributed by atoms with van der Waals surface area (Å²) in [6.07, 6.45) is 0.548. The molecule has 21 heavy (non-hydrogen) atoms. The summed E-state index contributed by atoms with van der Waals surface area (Å²) in [6.45, 7) is 7.50. The predicted molar refractivity (Wildman–Crippen MR) is 82.9 cm³/mol. The van der Waals surface area contributed by atoms with E-state index in [4.69, 9.17) is 11.6 Å². The Kier molecular flexibility index (Phi) is 4.02. The highest BCUT2D eigenvalue weighted by Gasteiger charge is 2.51. The fourth-order valence-corrected chi connectivity index (χ4v) is 2.63. The lowest BCUT2D eigenvalue weighted by Crippen LogP contribution is -2.72. The second-order valence-electron chi connectivity index (χ2n) is 6.18.